The van der Waals surface area contributed by atoms with E-state index in [4.69, 9.17) is 4.74 Å². The van der Waals surface area contributed by atoms with Gasteiger partial charge in [-0.2, -0.15) is 13.2 Å². The number of rotatable bonds is 5. The lowest BCUT2D eigenvalue weighted by atomic mass is 10.1. The number of imidazole rings is 1. The average molecular weight is 392 g/mol. The first-order chi connectivity index (χ1) is 13.5. The molecule has 0 aromatic carbocycles. The smallest absolute Gasteiger partial charge is 0.422 e. The van der Waals surface area contributed by atoms with E-state index in [1.54, 1.807) is 10.6 Å². The molecule has 4 heterocycles. The van der Waals surface area contributed by atoms with Crippen molar-refractivity contribution in [3.8, 4) is 17.3 Å². The molecule has 1 aliphatic rings. The molecule has 1 atom stereocenters. The molecule has 2 N–H and O–H groups in total. The Kier molecular flexibility index (Phi) is 5.03. The SMILES string of the molecule is FC(F)(F)COc1cn2c(-c3cccc(N[C@@H]4CCCNC4)n3)cnc2cn1. The van der Waals surface area contributed by atoms with Gasteiger partial charge in [-0.25, -0.2) is 15.0 Å². The molecule has 0 radical (unpaired) electrons. The second kappa shape index (κ2) is 7.63. The first kappa shape index (κ1) is 18.5. The zero-order valence-corrected chi connectivity index (χ0v) is 14.9. The lowest BCUT2D eigenvalue weighted by Crippen LogP contribution is -2.38. The van der Waals surface area contributed by atoms with Crippen LogP contribution in [-0.2, 0) is 0 Å². The third-order valence-corrected chi connectivity index (χ3v) is 4.42. The van der Waals surface area contributed by atoms with Gasteiger partial charge >= 0.3 is 6.18 Å². The molecular weight excluding hydrogens is 373 g/mol. The van der Waals surface area contributed by atoms with Crippen molar-refractivity contribution in [1.82, 2.24) is 24.7 Å². The normalized spacial score (nSPS) is 17.6. The van der Waals surface area contributed by atoms with Crippen molar-refractivity contribution in [3.63, 3.8) is 0 Å². The third-order valence-electron chi connectivity index (χ3n) is 4.42. The number of hydrogen-bond donors (Lipinski definition) is 2. The highest BCUT2D eigenvalue weighted by molar-refractivity contribution is 5.61. The minimum atomic E-state index is -4.43. The van der Waals surface area contributed by atoms with Gasteiger partial charge in [-0.1, -0.05) is 6.07 Å². The fraction of sp³-hybridized carbons (Fsp3) is 0.389. The molecule has 1 saturated heterocycles. The Hall–Kier alpha value is -2.88. The highest BCUT2D eigenvalue weighted by atomic mass is 19.4. The Morgan fingerprint density at radius 2 is 2.14 bits per heavy atom. The topological polar surface area (TPSA) is 76.4 Å². The van der Waals surface area contributed by atoms with E-state index in [1.807, 2.05) is 18.2 Å². The summed E-state index contributed by atoms with van der Waals surface area (Å²) in [5.41, 5.74) is 1.78. The monoisotopic (exact) mass is 392 g/mol. The number of fused-ring (bicyclic) bond motifs is 1. The number of aromatic nitrogens is 4. The molecule has 7 nitrogen and oxygen atoms in total. The van der Waals surface area contributed by atoms with Gasteiger partial charge in [0.25, 0.3) is 0 Å². The number of alkyl halides is 3. The number of hydrogen-bond acceptors (Lipinski definition) is 6. The number of anilines is 1. The molecule has 28 heavy (non-hydrogen) atoms. The van der Waals surface area contributed by atoms with Crippen molar-refractivity contribution in [3.05, 3.63) is 36.8 Å². The van der Waals surface area contributed by atoms with Gasteiger partial charge in [0.1, 0.15) is 5.82 Å². The van der Waals surface area contributed by atoms with Crippen LogP contribution in [0.2, 0.25) is 0 Å². The maximum Gasteiger partial charge on any atom is 0.422 e. The minimum Gasteiger partial charge on any atom is -0.467 e. The van der Waals surface area contributed by atoms with Crippen LogP contribution in [0, 0.1) is 0 Å². The summed E-state index contributed by atoms with van der Waals surface area (Å²) in [6.45, 7) is 0.510. The summed E-state index contributed by atoms with van der Waals surface area (Å²) >= 11 is 0. The maximum atomic E-state index is 12.4. The van der Waals surface area contributed by atoms with Gasteiger partial charge in [-0.05, 0) is 31.5 Å². The van der Waals surface area contributed by atoms with Crippen molar-refractivity contribution >= 4 is 11.5 Å². The number of piperidine rings is 1. The minimum absolute atomic E-state index is 0.133. The van der Waals surface area contributed by atoms with Crippen molar-refractivity contribution in [2.75, 3.05) is 25.0 Å². The molecule has 3 aromatic rings. The fourth-order valence-electron chi connectivity index (χ4n) is 3.13. The Morgan fingerprint density at radius 3 is 2.93 bits per heavy atom. The van der Waals surface area contributed by atoms with Crippen LogP contribution in [0.3, 0.4) is 0 Å². The van der Waals surface area contributed by atoms with E-state index in [0.717, 1.165) is 31.7 Å². The summed E-state index contributed by atoms with van der Waals surface area (Å²) in [5, 5.41) is 6.76. The lowest BCUT2D eigenvalue weighted by Gasteiger charge is -2.24. The molecule has 0 spiro atoms. The molecule has 0 aliphatic carbocycles. The number of ether oxygens (including phenoxy) is 1. The molecule has 1 fully saturated rings. The van der Waals surface area contributed by atoms with Gasteiger partial charge in [0.05, 0.1) is 30.0 Å². The molecule has 1 aliphatic heterocycles. The van der Waals surface area contributed by atoms with Crippen molar-refractivity contribution in [2.24, 2.45) is 0 Å². The van der Waals surface area contributed by atoms with Gasteiger partial charge < -0.3 is 15.4 Å². The number of pyridine rings is 1. The largest absolute Gasteiger partial charge is 0.467 e. The number of nitrogens with one attached hydrogen (secondary N) is 2. The molecule has 0 unspecified atom stereocenters. The summed E-state index contributed by atoms with van der Waals surface area (Å²) in [5.74, 6) is 0.607. The summed E-state index contributed by atoms with van der Waals surface area (Å²) in [6, 6.07) is 5.90. The second-order valence-corrected chi connectivity index (χ2v) is 6.60. The molecule has 0 amide bonds. The molecule has 3 aromatic heterocycles. The summed E-state index contributed by atoms with van der Waals surface area (Å²) < 4.78 is 43.5. The van der Waals surface area contributed by atoms with Crippen molar-refractivity contribution in [2.45, 2.75) is 25.1 Å². The van der Waals surface area contributed by atoms with Crippen LogP contribution in [0.5, 0.6) is 5.88 Å². The van der Waals surface area contributed by atoms with Gasteiger partial charge in [0, 0.05) is 12.6 Å². The maximum absolute atomic E-state index is 12.4. The molecule has 0 saturated carbocycles. The van der Waals surface area contributed by atoms with E-state index >= 15 is 0 Å². The average Bonchev–Trinajstić information content (AvgIpc) is 3.10. The van der Waals surface area contributed by atoms with Crippen molar-refractivity contribution < 1.29 is 17.9 Å². The Balaban J connectivity index is 1.58. The highest BCUT2D eigenvalue weighted by Gasteiger charge is 2.28. The van der Waals surface area contributed by atoms with E-state index < -0.39 is 12.8 Å². The molecular formula is C18H19F3N6O. The zero-order valence-electron chi connectivity index (χ0n) is 14.9. The zero-order chi connectivity index (χ0) is 19.6. The molecule has 4 rings (SSSR count). The highest BCUT2D eigenvalue weighted by Crippen LogP contribution is 2.23. The van der Waals surface area contributed by atoms with Crippen molar-refractivity contribution in [1.29, 1.82) is 0 Å². The van der Waals surface area contributed by atoms with Crippen LogP contribution in [0.15, 0.2) is 36.8 Å². The summed E-state index contributed by atoms with van der Waals surface area (Å²) in [7, 11) is 0. The lowest BCUT2D eigenvalue weighted by molar-refractivity contribution is -0.154. The van der Waals surface area contributed by atoms with Crippen LogP contribution >= 0.6 is 0 Å². The number of nitrogens with zero attached hydrogens (tertiary/aromatic N) is 4. The third kappa shape index (κ3) is 4.33. The predicted octanol–water partition coefficient (Wildman–Crippen LogP) is 2.90. The Labute approximate surface area is 159 Å². The number of halogens is 3. The van der Waals surface area contributed by atoms with Crippen LogP contribution < -0.4 is 15.4 Å². The van der Waals surface area contributed by atoms with E-state index in [1.165, 1.54) is 12.4 Å². The molecule has 10 heteroatoms. The van der Waals surface area contributed by atoms with Gasteiger partial charge in [0.15, 0.2) is 12.3 Å². The van der Waals surface area contributed by atoms with Gasteiger partial charge in [-0.15, -0.1) is 0 Å². The molecule has 0 bridgehead atoms. The van der Waals surface area contributed by atoms with E-state index in [0.29, 0.717) is 23.1 Å². The Bertz CT molecular complexity index is 952. The van der Waals surface area contributed by atoms with E-state index in [-0.39, 0.29) is 5.88 Å². The van der Waals surface area contributed by atoms with Crippen LogP contribution in [0.4, 0.5) is 19.0 Å². The van der Waals surface area contributed by atoms with E-state index in [9.17, 15) is 13.2 Å². The van der Waals surface area contributed by atoms with Gasteiger partial charge in [-0.3, -0.25) is 4.40 Å². The predicted molar refractivity (Wildman–Crippen MR) is 97.3 cm³/mol. The standard InChI is InChI=1S/C18H19F3N6O/c19-18(20,21)11-28-17-10-27-14(8-23-16(27)9-24-17)13-4-1-5-15(26-13)25-12-3-2-6-22-7-12/h1,4-5,8-10,12,22H,2-3,6-7,11H2,(H,25,26)/t12-/m1/s1. The first-order valence-corrected chi connectivity index (χ1v) is 8.95. The van der Waals surface area contributed by atoms with Crippen LogP contribution in [-0.4, -0.2) is 51.3 Å². The quantitative estimate of drug-likeness (QED) is 0.695. The Morgan fingerprint density at radius 1 is 1.25 bits per heavy atom. The molecule has 148 valence electrons. The van der Waals surface area contributed by atoms with Crippen LogP contribution in [0.1, 0.15) is 12.8 Å². The van der Waals surface area contributed by atoms with Gasteiger partial charge in [0.2, 0.25) is 5.88 Å². The van der Waals surface area contributed by atoms with Crippen LogP contribution in [0.25, 0.3) is 17.0 Å². The first-order valence-electron chi connectivity index (χ1n) is 8.95. The van der Waals surface area contributed by atoms with E-state index in [2.05, 4.69) is 25.6 Å². The fourth-order valence-corrected chi connectivity index (χ4v) is 3.13. The second-order valence-electron chi connectivity index (χ2n) is 6.60. The summed E-state index contributed by atoms with van der Waals surface area (Å²) in [6.07, 6.45) is 2.11. The summed E-state index contributed by atoms with van der Waals surface area (Å²) in [4.78, 5) is 12.7.